The van der Waals surface area contributed by atoms with E-state index in [1.54, 1.807) is 6.07 Å². The quantitative estimate of drug-likeness (QED) is 0.0216. The highest BCUT2D eigenvalue weighted by Crippen LogP contribution is 2.43. The molecule has 0 spiro atoms. The molecular weight excluding hydrogens is 1280 g/mol. The van der Waals surface area contributed by atoms with Crippen LogP contribution in [0, 0.1) is 0 Å². The van der Waals surface area contributed by atoms with Gasteiger partial charge in [-0.2, -0.15) is 0 Å². The summed E-state index contributed by atoms with van der Waals surface area (Å²) < 4.78 is 90.1. The molecule has 8 rings (SSSR count). The lowest BCUT2D eigenvalue weighted by Gasteiger charge is -2.51. The van der Waals surface area contributed by atoms with Gasteiger partial charge in [0.15, 0.2) is 43.5 Å². The molecule has 34 heteroatoms. The van der Waals surface area contributed by atoms with Crippen molar-refractivity contribution >= 4 is 48.0 Å². The minimum absolute atomic E-state index is 0.118. The van der Waals surface area contributed by atoms with Gasteiger partial charge in [0.05, 0.1) is 25.4 Å². The van der Waals surface area contributed by atoms with Crippen LogP contribution in [0.1, 0.15) is 42.3 Å². The number of carbonyl (C=O) groups excluding carboxylic acids is 6. The Hall–Kier alpha value is -7.24. The van der Waals surface area contributed by atoms with Crippen LogP contribution in [-0.2, 0) is 95.0 Å². The summed E-state index contributed by atoms with van der Waals surface area (Å²) in [6.45, 7) is -3.65. The fourth-order valence-corrected chi connectivity index (χ4v) is 10.6. The third-order valence-corrected chi connectivity index (χ3v) is 15.5. The molecule has 5 saturated heterocycles. The Morgan fingerprint density at radius 3 is 1.39 bits per heavy atom. The van der Waals surface area contributed by atoms with E-state index in [4.69, 9.17) is 71.1 Å². The van der Waals surface area contributed by atoms with Gasteiger partial charge in [-0.15, -0.1) is 0 Å². The molecule has 522 valence electrons. The van der Waals surface area contributed by atoms with Crippen LogP contribution >= 0.6 is 0 Å². The number of esters is 6. The first-order chi connectivity index (χ1) is 45.2. The van der Waals surface area contributed by atoms with Crippen molar-refractivity contribution in [2.24, 2.45) is 0 Å². The first kappa shape index (κ1) is 73.6. The highest BCUT2D eigenvalue weighted by atomic mass is 16.8. The number of phenolic OH excluding ortho intramolecular Hbond substituents is 2. The van der Waals surface area contributed by atoms with Crippen molar-refractivity contribution in [2.75, 3.05) is 39.6 Å². The van der Waals surface area contributed by atoms with E-state index in [9.17, 15) is 95.2 Å². The number of rotatable bonds is 25. The van der Waals surface area contributed by atoms with E-state index in [1.807, 2.05) is 0 Å². The molecule has 95 heavy (non-hydrogen) atoms. The lowest BCUT2D eigenvalue weighted by atomic mass is 9.95. The monoisotopic (exact) mass is 1350 g/mol. The average Bonchev–Trinajstić information content (AvgIpc) is 1.73. The molecule has 5 fully saturated rings. The number of phenols is 2. The molecule has 3 aromatic rings. The SMILES string of the molecule is CC(=O)OCC1OC(OC2C(OC(=O)C=Cc3ccc(O)cc3)C(COC(C)=O)OC(OC3(COC(=O)C=Cc4ccc(O)cc4)OC(CO)C(O)C3OC(=O)c3ccccc3)C2OC2OC(CO)C(O)C(O)C2O)C(O)C(OC2OC(CO)C(O)C(O)C2O)C1OC(C)=O. The highest BCUT2D eigenvalue weighted by Gasteiger charge is 2.65. The minimum Gasteiger partial charge on any atom is -0.508 e. The molecular formula is C61H74O34. The lowest BCUT2D eigenvalue weighted by molar-refractivity contribution is -0.423. The molecule has 3 aromatic carbocycles. The van der Waals surface area contributed by atoms with Crippen LogP contribution in [0.5, 0.6) is 11.5 Å². The zero-order valence-corrected chi connectivity index (χ0v) is 50.7. The Kier molecular flexibility index (Phi) is 25.7. The van der Waals surface area contributed by atoms with Crippen molar-refractivity contribution in [2.45, 2.75) is 168 Å². The molecule has 24 unspecified atom stereocenters. The van der Waals surface area contributed by atoms with Gasteiger partial charge in [0, 0.05) is 32.9 Å². The van der Waals surface area contributed by atoms with Gasteiger partial charge < -0.3 is 137 Å². The Balaban J connectivity index is 1.32. The van der Waals surface area contributed by atoms with E-state index >= 15 is 0 Å². The Morgan fingerprint density at radius 2 is 0.895 bits per heavy atom. The number of aliphatic hydroxyl groups is 11. The van der Waals surface area contributed by atoms with Gasteiger partial charge in [-0.1, -0.05) is 42.5 Å². The fraction of sp³-hybridized carbons (Fsp3) is 0.541. The number of aliphatic hydroxyl groups excluding tert-OH is 11. The number of benzene rings is 3. The second-order valence-electron chi connectivity index (χ2n) is 22.3. The topological polar surface area (TPSA) is 504 Å². The van der Waals surface area contributed by atoms with Gasteiger partial charge in [-0.25, -0.2) is 14.4 Å². The average molecular weight is 1350 g/mol. The van der Waals surface area contributed by atoms with E-state index < -0.39 is 222 Å². The summed E-state index contributed by atoms with van der Waals surface area (Å²) in [5.74, 6) is -10.2. The second kappa shape index (κ2) is 33.1. The zero-order chi connectivity index (χ0) is 69.0. The molecule has 5 aliphatic rings. The van der Waals surface area contributed by atoms with Crippen molar-refractivity contribution in [3.05, 3.63) is 108 Å². The fourth-order valence-electron chi connectivity index (χ4n) is 10.6. The first-order valence-electron chi connectivity index (χ1n) is 29.5. The van der Waals surface area contributed by atoms with Crippen LogP contribution in [0.2, 0.25) is 0 Å². The predicted molar refractivity (Wildman–Crippen MR) is 307 cm³/mol. The van der Waals surface area contributed by atoms with Crippen molar-refractivity contribution in [3.63, 3.8) is 0 Å². The van der Waals surface area contributed by atoms with E-state index in [0.29, 0.717) is 5.56 Å². The van der Waals surface area contributed by atoms with Gasteiger partial charge in [0.1, 0.15) is 129 Å². The maximum atomic E-state index is 14.4. The van der Waals surface area contributed by atoms with Crippen molar-refractivity contribution in [1.82, 2.24) is 0 Å². The zero-order valence-electron chi connectivity index (χ0n) is 50.7. The molecule has 34 nitrogen and oxygen atoms in total. The summed E-state index contributed by atoms with van der Waals surface area (Å²) in [6.07, 6.45) is -45.8. The normalized spacial score (nSPS) is 35.7. The van der Waals surface area contributed by atoms with Gasteiger partial charge in [0.2, 0.25) is 5.79 Å². The molecule has 5 aliphatic heterocycles. The van der Waals surface area contributed by atoms with Gasteiger partial charge in [-0.3, -0.25) is 14.4 Å². The van der Waals surface area contributed by atoms with Crippen LogP contribution in [0.3, 0.4) is 0 Å². The second-order valence-corrected chi connectivity index (χ2v) is 22.3. The largest absolute Gasteiger partial charge is 0.508 e. The smallest absolute Gasteiger partial charge is 0.338 e. The highest BCUT2D eigenvalue weighted by molar-refractivity contribution is 5.90. The summed E-state index contributed by atoms with van der Waals surface area (Å²) in [5, 5.41) is 142. The van der Waals surface area contributed by atoms with Crippen LogP contribution in [0.4, 0.5) is 0 Å². The number of ether oxygens (including phenoxy) is 15. The van der Waals surface area contributed by atoms with Gasteiger partial charge in [0.25, 0.3) is 0 Å². The van der Waals surface area contributed by atoms with Crippen LogP contribution < -0.4 is 0 Å². The Labute approximate surface area is 539 Å². The molecule has 0 amide bonds. The molecule has 24 atom stereocenters. The molecule has 5 heterocycles. The minimum atomic E-state index is -3.02. The van der Waals surface area contributed by atoms with E-state index in [0.717, 1.165) is 32.9 Å². The van der Waals surface area contributed by atoms with Crippen molar-refractivity contribution in [1.29, 1.82) is 0 Å². The lowest BCUT2D eigenvalue weighted by Crippen LogP contribution is -2.70. The van der Waals surface area contributed by atoms with E-state index in [1.165, 1.54) is 84.9 Å². The predicted octanol–water partition coefficient (Wildman–Crippen LogP) is -4.41. The van der Waals surface area contributed by atoms with E-state index in [2.05, 4.69) is 0 Å². The Morgan fingerprint density at radius 1 is 0.442 bits per heavy atom. The van der Waals surface area contributed by atoms with E-state index in [-0.39, 0.29) is 22.6 Å². The maximum absolute atomic E-state index is 14.4. The number of hydrogen-bond donors (Lipinski definition) is 13. The molecule has 0 aromatic heterocycles. The third-order valence-electron chi connectivity index (χ3n) is 15.5. The summed E-state index contributed by atoms with van der Waals surface area (Å²) in [7, 11) is 0. The van der Waals surface area contributed by atoms with Crippen LogP contribution in [-0.4, -0.2) is 289 Å². The van der Waals surface area contributed by atoms with Crippen LogP contribution in [0.15, 0.2) is 91.0 Å². The standard InChI is InChI=1S/C61H74O34/c1-27(65)81-24-38-50(84-29(3)67)52(90-57-47(77)45(75)42(72)35(21-62)85-57)49(79)59(87-38)91-53-51(89-41(71)20-14-31-11-17-34(69)18-12-31)39(25-82-28(2)66)88-60(54(53)92-58-48(78)46(76)43(73)36(22-63)86-58)95-61(26-83-40(70)19-13-30-9-15-33(68)16-10-30)55(44(74)37(23-64)94-61)93-56(80)32-7-5-4-6-8-32/h4-20,35-39,42-55,57-60,62-64,68-69,72-79H,21-26H2,1-3H3. The summed E-state index contributed by atoms with van der Waals surface area (Å²) in [4.78, 5) is 80.7. The van der Waals surface area contributed by atoms with Crippen molar-refractivity contribution < 1.29 is 166 Å². The number of carbonyl (C=O) groups is 6. The molecule has 0 saturated carbocycles. The number of aromatic hydroxyl groups is 2. The van der Waals surface area contributed by atoms with Gasteiger partial charge in [-0.05, 0) is 59.7 Å². The maximum Gasteiger partial charge on any atom is 0.338 e. The number of hydrogen-bond acceptors (Lipinski definition) is 34. The summed E-state index contributed by atoms with van der Waals surface area (Å²) >= 11 is 0. The first-order valence-corrected chi connectivity index (χ1v) is 29.5. The molecule has 0 radical (unpaired) electrons. The van der Waals surface area contributed by atoms with Gasteiger partial charge >= 0.3 is 35.8 Å². The molecule has 13 N–H and O–H groups in total. The summed E-state index contributed by atoms with van der Waals surface area (Å²) in [6, 6.07) is 17.8. The van der Waals surface area contributed by atoms with Crippen molar-refractivity contribution in [3.8, 4) is 11.5 Å². The van der Waals surface area contributed by atoms with Crippen LogP contribution in [0.25, 0.3) is 12.2 Å². The third kappa shape index (κ3) is 18.3. The Bertz CT molecular complexity index is 3090. The molecule has 0 aliphatic carbocycles. The molecule has 0 bridgehead atoms. The summed E-state index contributed by atoms with van der Waals surface area (Å²) in [5.41, 5.74) is 0.483.